The van der Waals surface area contributed by atoms with Crippen LogP contribution >= 0.6 is 8.03 Å². The standard InChI is InChI=1S/C9H11O4P/c10-9(11)6-7-14(12)13-8-4-2-1-3-5-8/h1-5,14H,6-7H2,(H,10,11). The van der Waals surface area contributed by atoms with Gasteiger partial charge in [-0.25, -0.2) is 0 Å². The van der Waals surface area contributed by atoms with Crippen molar-refractivity contribution >= 4 is 14.0 Å². The Morgan fingerprint density at radius 3 is 2.57 bits per heavy atom. The minimum atomic E-state index is -2.27. The molecule has 0 heterocycles. The van der Waals surface area contributed by atoms with Gasteiger partial charge in [0.05, 0.1) is 6.42 Å². The molecule has 14 heavy (non-hydrogen) atoms. The number of carboxylic acid groups (broad SMARTS) is 1. The molecule has 1 rings (SSSR count). The van der Waals surface area contributed by atoms with E-state index in [2.05, 4.69) is 0 Å². The molecule has 0 aromatic heterocycles. The molecule has 0 amide bonds. The fraction of sp³-hybridized carbons (Fsp3) is 0.222. The van der Waals surface area contributed by atoms with E-state index in [4.69, 9.17) is 9.63 Å². The summed E-state index contributed by atoms with van der Waals surface area (Å²) in [6.07, 6.45) is -0.0421. The molecule has 0 spiro atoms. The van der Waals surface area contributed by atoms with Crippen molar-refractivity contribution in [2.75, 3.05) is 6.16 Å². The number of hydrogen-bond acceptors (Lipinski definition) is 3. The second-order valence-corrected chi connectivity index (χ2v) is 4.13. The average Bonchev–Trinajstić information content (AvgIpc) is 2.16. The summed E-state index contributed by atoms with van der Waals surface area (Å²) in [6, 6.07) is 8.72. The van der Waals surface area contributed by atoms with Gasteiger partial charge in [0, 0.05) is 6.16 Å². The molecule has 0 aliphatic carbocycles. The lowest BCUT2D eigenvalue weighted by atomic mass is 10.3. The van der Waals surface area contributed by atoms with Gasteiger partial charge in [-0.2, -0.15) is 0 Å². The molecule has 1 unspecified atom stereocenters. The third-order valence-electron chi connectivity index (χ3n) is 1.52. The molecule has 5 heteroatoms. The Bertz CT molecular complexity index is 323. The second kappa shape index (κ2) is 5.45. The smallest absolute Gasteiger partial charge is 0.303 e. The van der Waals surface area contributed by atoms with Crippen LogP contribution in [0, 0.1) is 0 Å². The third kappa shape index (κ3) is 4.10. The topological polar surface area (TPSA) is 63.6 Å². The average molecular weight is 214 g/mol. The summed E-state index contributed by atoms with van der Waals surface area (Å²) in [6.45, 7) is 0. The van der Waals surface area contributed by atoms with Crippen molar-refractivity contribution in [3.63, 3.8) is 0 Å². The lowest BCUT2D eigenvalue weighted by Crippen LogP contribution is -1.97. The Balaban J connectivity index is 2.38. The van der Waals surface area contributed by atoms with Crippen LogP contribution in [-0.2, 0) is 9.36 Å². The van der Waals surface area contributed by atoms with E-state index in [0.717, 1.165) is 0 Å². The van der Waals surface area contributed by atoms with Crippen LogP contribution in [0.1, 0.15) is 6.42 Å². The van der Waals surface area contributed by atoms with Crippen LogP contribution < -0.4 is 4.52 Å². The molecule has 0 aliphatic heterocycles. The van der Waals surface area contributed by atoms with Crippen molar-refractivity contribution in [2.45, 2.75) is 6.42 Å². The summed E-state index contributed by atoms with van der Waals surface area (Å²) in [5.41, 5.74) is 0. The van der Waals surface area contributed by atoms with E-state index in [0.29, 0.717) is 5.75 Å². The summed E-state index contributed by atoms with van der Waals surface area (Å²) in [5, 5.41) is 8.35. The number of para-hydroxylation sites is 1. The predicted octanol–water partition coefficient (Wildman–Crippen LogP) is 2.01. The van der Waals surface area contributed by atoms with Crippen LogP contribution in [0.5, 0.6) is 5.75 Å². The molecular formula is C9H11O4P. The minimum absolute atomic E-state index is 0.0783. The molecule has 0 aliphatic rings. The Hall–Kier alpha value is -1.28. The molecule has 0 saturated heterocycles. The van der Waals surface area contributed by atoms with Gasteiger partial charge in [0.15, 0.2) is 0 Å². The van der Waals surface area contributed by atoms with E-state index in [1.807, 2.05) is 6.07 Å². The van der Waals surface area contributed by atoms with E-state index in [9.17, 15) is 9.36 Å². The normalized spacial score (nSPS) is 12.0. The summed E-state index contributed by atoms with van der Waals surface area (Å²) in [4.78, 5) is 10.2. The largest absolute Gasteiger partial charge is 0.481 e. The van der Waals surface area contributed by atoms with Gasteiger partial charge in [0.2, 0.25) is 8.03 Å². The van der Waals surface area contributed by atoms with Gasteiger partial charge in [-0.3, -0.25) is 9.36 Å². The highest BCUT2D eigenvalue weighted by atomic mass is 31.1. The van der Waals surface area contributed by atoms with Crippen molar-refractivity contribution in [3.8, 4) is 5.75 Å². The van der Waals surface area contributed by atoms with E-state index < -0.39 is 14.0 Å². The summed E-state index contributed by atoms with van der Waals surface area (Å²) in [5.74, 6) is -0.443. The molecule has 0 saturated carbocycles. The van der Waals surface area contributed by atoms with Crippen LogP contribution in [0.15, 0.2) is 30.3 Å². The van der Waals surface area contributed by atoms with Crippen LogP contribution in [0.3, 0.4) is 0 Å². The zero-order valence-corrected chi connectivity index (χ0v) is 8.47. The maximum absolute atomic E-state index is 11.2. The van der Waals surface area contributed by atoms with Gasteiger partial charge in [-0.15, -0.1) is 0 Å². The number of benzene rings is 1. The molecule has 0 fully saturated rings. The molecule has 1 aromatic rings. The third-order valence-corrected chi connectivity index (χ3v) is 2.64. The first-order valence-electron chi connectivity index (χ1n) is 4.16. The highest BCUT2D eigenvalue weighted by Crippen LogP contribution is 2.26. The van der Waals surface area contributed by atoms with Crippen molar-refractivity contribution in [3.05, 3.63) is 30.3 Å². The Morgan fingerprint density at radius 2 is 2.00 bits per heavy atom. The van der Waals surface area contributed by atoms with Crippen LogP contribution in [0.4, 0.5) is 0 Å². The van der Waals surface area contributed by atoms with Crippen molar-refractivity contribution in [1.29, 1.82) is 0 Å². The SMILES string of the molecule is O=C(O)CC[PH](=O)Oc1ccccc1. The van der Waals surface area contributed by atoms with E-state index in [1.54, 1.807) is 24.3 Å². The van der Waals surface area contributed by atoms with Gasteiger partial charge in [0.1, 0.15) is 5.75 Å². The first-order valence-corrected chi connectivity index (χ1v) is 5.68. The first-order chi connectivity index (χ1) is 6.68. The van der Waals surface area contributed by atoms with Gasteiger partial charge in [-0.1, -0.05) is 18.2 Å². The molecule has 1 aromatic carbocycles. The van der Waals surface area contributed by atoms with Crippen LogP contribution in [0.2, 0.25) is 0 Å². The summed E-state index contributed by atoms with van der Waals surface area (Å²) < 4.78 is 16.3. The summed E-state index contributed by atoms with van der Waals surface area (Å²) in [7, 11) is -2.27. The number of carboxylic acids is 1. The molecular weight excluding hydrogens is 203 g/mol. The van der Waals surface area contributed by atoms with Gasteiger partial charge >= 0.3 is 5.97 Å². The van der Waals surface area contributed by atoms with Crippen molar-refractivity contribution in [1.82, 2.24) is 0 Å². The molecule has 0 radical (unpaired) electrons. The van der Waals surface area contributed by atoms with E-state index >= 15 is 0 Å². The lowest BCUT2D eigenvalue weighted by Gasteiger charge is -2.03. The monoisotopic (exact) mass is 214 g/mol. The lowest BCUT2D eigenvalue weighted by molar-refractivity contribution is -0.136. The Morgan fingerprint density at radius 1 is 1.36 bits per heavy atom. The predicted molar refractivity (Wildman–Crippen MR) is 53.2 cm³/mol. The van der Waals surface area contributed by atoms with Gasteiger partial charge < -0.3 is 9.63 Å². The van der Waals surface area contributed by atoms with Gasteiger partial charge in [-0.05, 0) is 12.1 Å². The number of rotatable bonds is 5. The maximum Gasteiger partial charge on any atom is 0.303 e. The molecule has 4 nitrogen and oxygen atoms in total. The fourth-order valence-electron chi connectivity index (χ4n) is 0.880. The quantitative estimate of drug-likeness (QED) is 0.761. The Labute approximate surface area is 82.4 Å². The number of aliphatic carboxylic acids is 1. The zero-order valence-electron chi connectivity index (χ0n) is 7.47. The molecule has 0 bridgehead atoms. The van der Waals surface area contributed by atoms with Crippen LogP contribution in [0.25, 0.3) is 0 Å². The fourth-order valence-corrected chi connectivity index (χ4v) is 1.80. The second-order valence-electron chi connectivity index (χ2n) is 2.68. The highest BCUT2D eigenvalue weighted by Gasteiger charge is 2.04. The van der Waals surface area contributed by atoms with Crippen LogP contribution in [-0.4, -0.2) is 17.2 Å². The minimum Gasteiger partial charge on any atom is -0.481 e. The van der Waals surface area contributed by atoms with E-state index in [1.165, 1.54) is 0 Å². The van der Waals surface area contributed by atoms with Gasteiger partial charge in [0.25, 0.3) is 0 Å². The van der Waals surface area contributed by atoms with Crippen molar-refractivity contribution in [2.24, 2.45) is 0 Å². The molecule has 76 valence electrons. The Kier molecular flexibility index (Phi) is 4.20. The zero-order chi connectivity index (χ0) is 10.4. The number of carbonyl (C=O) groups is 1. The number of hydrogen-bond donors (Lipinski definition) is 1. The molecule has 1 N–H and O–H groups in total. The maximum atomic E-state index is 11.2. The highest BCUT2D eigenvalue weighted by molar-refractivity contribution is 7.39. The van der Waals surface area contributed by atoms with Crippen molar-refractivity contribution < 1.29 is 19.0 Å². The molecule has 1 atom stereocenters. The van der Waals surface area contributed by atoms with E-state index in [-0.39, 0.29) is 12.6 Å². The first kappa shape index (κ1) is 10.8. The summed E-state index contributed by atoms with van der Waals surface area (Å²) >= 11 is 0.